The fourth-order valence-electron chi connectivity index (χ4n) is 3.73. The molecule has 3 heterocycles. The molecule has 1 saturated heterocycles. The van der Waals surface area contributed by atoms with Gasteiger partial charge in [0.15, 0.2) is 5.65 Å². The van der Waals surface area contributed by atoms with Crippen LogP contribution in [0.3, 0.4) is 0 Å². The quantitative estimate of drug-likeness (QED) is 0.542. The number of rotatable bonds is 3. The van der Waals surface area contributed by atoms with Crippen molar-refractivity contribution in [1.82, 2.24) is 14.9 Å². The van der Waals surface area contributed by atoms with Gasteiger partial charge in [-0.25, -0.2) is 9.97 Å². The van der Waals surface area contributed by atoms with E-state index in [-0.39, 0.29) is 18.3 Å². The molecule has 5 nitrogen and oxygen atoms in total. The number of aromatic nitrogens is 2. The summed E-state index contributed by atoms with van der Waals surface area (Å²) < 4.78 is 0. The third-order valence-electron chi connectivity index (χ3n) is 5.70. The Kier molecular flexibility index (Phi) is 6.84. The second kappa shape index (κ2) is 9.19. The summed E-state index contributed by atoms with van der Waals surface area (Å²) in [5.41, 5.74) is 4.61. The lowest BCUT2D eigenvalue weighted by Crippen LogP contribution is -2.38. The summed E-state index contributed by atoms with van der Waals surface area (Å²) in [6, 6.07) is 9.64. The number of pyridine rings is 2. The number of hydrogen-bond donors (Lipinski definition) is 1. The van der Waals surface area contributed by atoms with Crippen molar-refractivity contribution in [3.63, 3.8) is 0 Å². The molecular formula is C23H26Cl2N4O. The van der Waals surface area contributed by atoms with Crippen LogP contribution in [0.15, 0.2) is 36.5 Å². The lowest BCUT2D eigenvalue weighted by molar-refractivity contribution is 0.0698. The van der Waals surface area contributed by atoms with Crippen LogP contribution in [0.4, 0.5) is 11.4 Å². The van der Waals surface area contributed by atoms with E-state index in [0.29, 0.717) is 22.2 Å². The fourth-order valence-corrected chi connectivity index (χ4v) is 3.90. The molecule has 1 fully saturated rings. The molecule has 1 N–H and O–H groups in total. The summed E-state index contributed by atoms with van der Waals surface area (Å²) >= 11 is 6.32. The Labute approximate surface area is 188 Å². The van der Waals surface area contributed by atoms with Crippen molar-refractivity contribution in [1.29, 1.82) is 0 Å². The van der Waals surface area contributed by atoms with E-state index < -0.39 is 0 Å². The van der Waals surface area contributed by atoms with Crippen LogP contribution in [0.1, 0.15) is 41.4 Å². The number of nitrogens with zero attached hydrogens (tertiary/aromatic N) is 3. The van der Waals surface area contributed by atoms with Crippen molar-refractivity contribution < 1.29 is 4.79 Å². The number of benzene rings is 1. The number of halogens is 2. The first-order chi connectivity index (χ1) is 13.9. The van der Waals surface area contributed by atoms with Crippen LogP contribution in [0.5, 0.6) is 0 Å². The van der Waals surface area contributed by atoms with Gasteiger partial charge < -0.3 is 10.2 Å². The predicted molar refractivity (Wildman–Crippen MR) is 125 cm³/mol. The largest absolute Gasteiger partial charge is 0.354 e. The number of nitrogens with one attached hydrogen (secondary N) is 1. The van der Waals surface area contributed by atoms with Crippen molar-refractivity contribution in [2.75, 3.05) is 18.4 Å². The number of fused-ring (bicyclic) bond motifs is 1. The molecule has 0 bridgehead atoms. The minimum atomic E-state index is 0. The number of aryl methyl sites for hydroxylation is 1. The first-order valence-corrected chi connectivity index (χ1v) is 10.4. The molecule has 2 aromatic heterocycles. The number of amides is 1. The minimum absolute atomic E-state index is 0. The van der Waals surface area contributed by atoms with Gasteiger partial charge in [-0.3, -0.25) is 4.79 Å². The van der Waals surface area contributed by atoms with Crippen molar-refractivity contribution in [2.24, 2.45) is 5.92 Å². The lowest BCUT2D eigenvalue weighted by atomic mass is 9.98. The van der Waals surface area contributed by atoms with E-state index in [4.69, 9.17) is 11.6 Å². The number of likely N-dealkylation sites (tertiary alicyclic amines) is 1. The topological polar surface area (TPSA) is 58.1 Å². The highest BCUT2D eigenvalue weighted by molar-refractivity contribution is 6.31. The molecule has 30 heavy (non-hydrogen) atoms. The van der Waals surface area contributed by atoms with Crippen LogP contribution < -0.4 is 5.32 Å². The van der Waals surface area contributed by atoms with Gasteiger partial charge in [-0.05, 0) is 62.4 Å². The summed E-state index contributed by atoms with van der Waals surface area (Å²) in [7, 11) is 0. The highest BCUT2D eigenvalue weighted by Crippen LogP contribution is 2.33. The van der Waals surface area contributed by atoms with Gasteiger partial charge in [-0.2, -0.15) is 0 Å². The zero-order chi connectivity index (χ0) is 20.5. The summed E-state index contributed by atoms with van der Waals surface area (Å²) in [5, 5.41) is 4.97. The molecule has 1 aromatic carbocycles. The molecular weight excluding hydrogens is 419 g/mol. The SMILES string of the molecule is Cc1ccc2c(Nc3cccc(Cl)c3C)c(C(=O)N3CCC(C)CC3)cnc2n1.Cl. The van der Waals surface area contributed by atoms with Crippen molar-refractivity contribution in [2.45, 2.75) is 33.6 Å². The first kappa shape index (κ1) is 22.3. The average Bonchev–Trinajstić information content (AvgIpc) is 2.71. The third-order valence-corrected chi connectivity index (χ3v) is 6.11. The zero-order valence-electron chi connectivity index (χ0n) is 17.4. The predicted octanol–water partition coefficient (Wildman–Crippen LogP) is 5.94. The smallest absolute Gasteiger partial charge is 0.257 e. The van der Waals surface area contributed by atoms with Gasteiger partial charge >= 0.3 is 0 Å². The minimum Gasteiger partial charge on any atom is -0.354 e. The Morgan fingerprint density at radius 1 is 1.17 bits per heavy atom. The normalized spacial score (nSPS) is 14.5. The molecule has 0 aliphatic carbocycles. The van der Waals surface area contributed by atoms with Crippen LogP contribution >= 0.6 is 24.0 Å². The molecule has 0 atom stereocenters. The van der Waals surface area contributed by atoms with Gasteiger partial charge in [0.25, 0.3) is 5.91 Å². The Morgan fingerprint density at radius 2 is 1.90 bits per heavy atom. The molecule has 3 aromatic rings. The number of hydrogen-bond acceptors (Lipinski definition) is 4. The molecule has 4 rings (SSSR count). The highest BCUT2D eigenvalue weighted by atomic mass is 35.5. The summed E-state index contributed by atoms with van der Waals surface area (Å²) in [6.45, 7) is 7.69. The van der Waals surface area contributed by atoms with E-state index in [2.05, 4.69) is 22.2 Å². The summed E-state index contributed by atoms with van der Waals surface area (Å²) in [5.74, 6) is 0.668. The second-order valence-corrected chi connectivity index (χ2v) is 8.29. The monoisotopic (exact) mass is 444 g/mol. The molecule has 7 heteroatoms. The third kappa shape index (κ3) is 4.37. The van der Waals surface area contributed by atoms with Crippen LogP contribution in [0.25, 0.3) is 11.0 Å². The van der Waals surface area contributed by atoms with E-state index in [1.54, 1.807) is 6.20 Å². The Morgan fingerprint density at radius 3 is 2.63 bits per heavy atom. The van der Waals surface area contributed by atoms with Gasteiger partial charge in [-0.15, -0.1) is 12.4 Å². The van der Waals surface area contributed by atoms with Crippen LogP contribution in [0, 0.1) is 19.8 Å². The van der Waals surface area contributed by atoms with E-state index in [9.17, 15) is 4.79 Å². The maximum absolute atomic E-state index is 13.4. The standard InChI is InChI=1S/C23H25ClN4O.ClH/c1-14-9-11-28(12-10-14)23(29)18-13-25-22-17(8-7-15(2)26-22)21(18)27-20-6-4-5-19(24)16(20)3;/h4-8,13-14H,9-12H2,1-3H3,(H,25,26,27);1H. The summed E-state index contributed by atoms with van der Waals surface area (Å²) in [6.07, 6.45) is 3.71. The van der Waals surface area contributed by atoms with E-state index in [1.807, 2.05) is 49.1 Å². The molecule has 0 unspecified atom stereocenters. The van der Waals surface area contributed by atoms with Crippen LogP contribution in [0.2, 0.25) is 5.02 Å². The Balaban J connectivity index is 0.00000256. The Hall–Kier alpha value is -2.37. The Bertz CT molecular complexity index is 1080. The molecule has 1 amide bonds. The first-order valence-electron chi connectivity index (χ1n) is 10.0. The molecule has 1 aliphatic rings. The molecule has 0 saturated carbocycles. The van der Waals surface area contributed by atoms with E-state index >= 15 is 0 Å². The second-order valence-electron chi connectivity index (χ2n) is 7.88. The molecule has 158 valence electrons. The van der Waals surface area contributed by atoms with E-state index in [1.165, 1.54) is 0 Å². The lowest BCUT2D eigenvalue weighted by Gasteiger charge is -2.31. The van der Waals surface area contributed by atoms with Crippen molar-refractivity contribution >= 4 is 52.3 Å². The van der Waals surface area contributed by atoms with E-state index in [0.717, 1.165) is 53.9 Å². The van der Waals surface area contributed by atoms with Gasteiger partial charge in [-0.1, -0.05) is 24.6 Å². The van der Waals surface area contributed by atoms with Gasteiger partial charge in [0.2, 0.25) is 0 Å². The van der Waals surface area contributed by atoms with Crippen molar-refractivity contribution in [3.8, 4) is 0 Å². The fraction of sp³-hybridized carbons (Fsp3) is 0.348. The number of carbonyl (C=O) groups is 1. The maximum Gasteiger partial charge on any atom is 0.257 e. The number of piperidine rings is 1. The van der Waals surface area contributed by atoms with Crippen LogP contribution in [-0.2, 0) is 0 Å². The van der Waals surface area contributed by atoms with Gasteiger partial charge in [0.1, 0.15) is 0 Å². The van der Waals surface area contributed by atoms with Crippen LogP contribution in [-0.4, -0.2) is 33.9 Å². The molecule has 0 radical (unpaired) electrons. The van der Waals surface area contributed by atoms with Gasteiger partial charge in [0.05, 0.1) is 11.3 Å². The highest BCUT2D eigenvalue weighted by Gasteiger charge is 2.25. The van der Waals surface area contributed by atoms with Crippen molar-refractivity contribution in [3.05, 3.63) is 58.4 Å². The van der Waals surface area contributed by atoms with Gasteiger partial charge in [0, 0.05) is 41.1 Å². The zero-order valence-corrected chi connectivity index (χ0v) is 19.0. The average molecular weight is 445 g/mol. The molecule has 0 spiro atoms. The number of carbonyl (C=O) groups excluding carboxylic acids is 1. The molecule has 1 aliphatic heterocycles. The number of anilines is 2. The maximum atomic E-state index is 13.4. The summed E-state index contributed by atoms with van der Waals surface area (Å²) in [4.78, 5) is 24.3.